The van der Waals surface area contributed by atoms with E-state index in [9.17, 15) is 9.59 Å². The van der Waals surface area contributed by atoms with Crippen molar-refractivity contribution in [1.82, 2.24) is 9.47 Å². The van der Waals surface area contributed by atoms with Gasteiger partial charge in [-0.25, -0.2) is 0 Å². The molecule has 1 fully saturated rings. The third kappa shape index (κ3) is 10.2. The highest BCUT2D eigenvalue weighted by atomic mass is 79.9. The van der Waals surface area contributed by atoms with Crippen LogP contribution in [0.3, 0.4) is 0 Å². The molecule has 2 N–H and O–H groups in total. The molecule has 4 aliphatic rings. The van der Waals surface area contributed by atoms with Crippen molar-refractivity contribution in [3.63, 3.8) is 0 Å². The number of ketones is 1. The van der Waals surface area contributed by atoms with Gasteiger partial charge in [0.05, 0.1) is 64.1 Å². The molecule has 0 spiro atoms. The van der Waals surface area contributed by atoms with Crippen molar-refractivity contribution >= 4 is 49.9 Å². The Morgan fingerprint density at radius 1 is 0.672 bits per heavy atom. The van der Waals surface area contributed by atoms with E-state index in [0.29, 0.717) is 23.8 Å². The second kappa shape index (κ2) is 22.0. The quantitative estimate of drug-likeness (QED) is 0.112. The van der Waals surface area contributed by atoms with Crippen molar-refractivity contribution in [3.05, 3.63) is 104 Å². The lowest BCUT2D eigenvalue weighted by molar-refractivity contribution is 0.0987. The number of rotatable bonds is 13. The number of carbonyl (C=O) groups excluding carboxylic acids is 2. The number of nitrogens with two attached hydrogens (primary N) is 1. The molecule has 0 saturated carbocycles. The zero-order valence-corrected chi connectivity index (χ0v) is 41.2. The van der Waals surface area contributed by atoms with Crippen LogP contribution in [0.15, 0.2) is 69.5 Å². The minimum Gasteiger partial charge on any atom is -0.497 e. The molecule has 356 valence electrons. The van der Waals surface area contributed by atoms with E-state index >= 15 is 0 Å². The molecule has 16 heteroatoms. The minimum absolute atomic E-state index is 0.166. The molecule has 1 aliphatic heterocycles. The zero-order chi connectivity index (χ0) is 47.8. The number of oxime groups is 2. The molecule has 1 amide bonds. The Morgan fingerprint density at radius 3 is 1.87 bits per heavy atom. The molecular formula is C51H60BrN5O10. The van der Waals surface area contributed by atoms with Crippen LogP contribution in [-0.2, 0) is 35.4 Å². The van der Waals surface area contributed by atoms with Crippen molar-refractivity contribution in [3.8, 4) is 34.5 Å². The van der Waals surface area contributed by atoms with Gasteiger partial charge in [0, 0.05) is 78.7 Å². The molecule has 0 bridgehead atoms. The third-order valence-electron chi connectivity index (χ3n) is 13.0. The van der Waals surface area contributed by atoms with Crippen molar-refractivity contribution < 1.29 is 47.7 Å². The highest BCUT2D eigenvalue weighted by Crippen LogP contribution is 2.43. The van der Waals surface area contributed by atoms with Crippen molar-refractivity contribution in [2.24, 2.45) is 16.0 Å². The topological polar surface area (TPSA) is 167 Å². The molecule has 1 saturated heterocycles. The van der Waals surface area contributed by atoms with Gasteiger partial charge in [-0.1, -0.05) is 16.4 Å². The van der Waals surface area contributed by atoms with E-state index in [-0.39, 0.29) is 11.7 Å². The fourth-order valence-electron chi connectivity index (χ4n) is 9.72. The van der Waals surface area contributed by atoms with Gasteiger partial charge < -0.3 is 53.3 Å². The standard InChI is InChI=1S/C28H34N4O4.C12H14BrNO3.C11H12O3/c1-34-25-17-26(35-2)27-22(6-7-23(27)30-36-3)21(25)11-14-31-12-9-20(10-13-31)32-15-8-18-4-5-19(28(29)33)16-24(18)32;1-15-9-6-10(16-2)12(13)7-4-5-8(11(7)9)14-17-3;1-13-8-5-7-3-4-9(12)11(7)10(6-8)14-2/h4-5,8,15-17,20H,6-7,9-14H2,1-3H3,(H2,29,33);6H,4-5H2,1-3H3;5-6H,3-4H2,1-2H3/b30-23-;14-8+;. The normalized spacial score (nSPS) is 16.3. The first-order chi connectivity index (χ1) is 32.5. The van der Waals surface area contributed by atoms with E-state index < -0.39 is 0 Å². The van der Waals surface area contributed by atoms with Gasteiger partial charge in [-0.2, -0.15) is 0 Å². The van der Waals surface area contributed by atoms with Crippen LogP contribution in [0, 0.1) is 0 Å². The molecule has 2 heterocycles. The molecule has 4 aromatic carbocycles. The lowest BCUT2D eigenvalue weighted by atomic mass is 9.97. The number of fused-ring (bicyclic) bond motifs is 4. The van der Waals surface area contributed by atoms with Gasteiger partial charge in [0.1, 0.15) is 48.7 Å². The molecule has 9 rings (SSSR count). The Morgan fingerprint density at radius 2 is 1.27 bits per heavy atom. The Labute approximate surface area is 400 Å². The maximum Gasteiger partial charge on any atom is 0.248 e. The minimum atomic E-state index is -0.388. The number of ether oxygens (including phenoxy) is 6. The Balaban J connectivity index is 0.000000176. The molecule has 67 heavy (non-hydrogen) atoms. The Kier molecular flexibility index (Phi) is 16.0. The number of halogens is 1. The summed E-state index contributed by atoms with van der Waals surface area (Å²) in [7, 11) is 13.0. The highest BCUT2D eigenvalue weighted by molar-refractivity contribution is 9.10. The summed E-state index contributed by atoms with van der Waals surface area (Å²) in [5.74, 6) is 4.37. The number of primary amides is 1. The van der Waals surface area contributed by atoms with Crippen LogP contribution in [0.1, 0.15) is 92.2 Å². The van der Waals surface area contributed by atoms with E-state index in [0.717, 1.165) is 154 Å². The van der Waals surface area contributed by atoms with Gasteiger partial charge in [0.15, 0.2) is 5.78 Å². The number of aromatic nitrogens is 1. The largest absolute Gasteiger partial charge is 0.497 e. The van der Waals surface area contributed by atoms with E-state index in [4.69, 9.17) is 43.8 Å². The summed E-state index contributed by atoms with van der Waals surface area (Å²) in [5.41, 5.74) is 16.5. The second-order valence-electron chi connectivity index (χ2n) is 16.5. The maximum absolute atomic E-state index is 11.7. The molecule has 3 aliphatic carbocycles. The maximum atomic E-state index is 11.7. The lowest BCUT2D eigenvalue weighted by Crippen LogP contribution is -2.36. The van der Waals surface area contributed by atoms with E-state index in [2.05, 4.69) is 48.0 Å². The number of amides is 1. The van der Waals surface area contributed by atoms with Gasteiger partial charge in [0.25, 0.3) is 0 Å². The average Bonchev–Trinajstić information content (AvgIpc) is 4.17. The number of aryl methyl sites for hydroxylation is 1. The molecule has 15 nitrogen and oxygen atoms in total. The summed E-state index contributed by atoms with van der Waals surface area (Å²) in [6.45, 7) is 3.02. The lowest BCUT2D eigenvalue weighted by Gasteiger charge is -2.33. The molecule has 1 aromatic heterocycles. The van der Waals surface area contributed by atoms with Gasteiger partial charge in [-0.05, 0) is 119 Å². The molecule has 0 unspecified atom stereocenters. The number of hydrogen-bond acceptors (Lipinski definition) is 13. The van der Waals surface area contributed by atoms with Gasteiger partial charge in [-0.15, -0.1) is 0 Å². The summed E-state index contributed by atoms with van der Waals surface area (Å²) in [5, 5.41) is 9.43. The van der Waals surface area contributed by atoms with Crippen molar-refractivity contribution in [1.29, 1.82) is 0 Å². The summed E-state index contributed by atoms with van der Waals surface area (Å²) in [4.78, 5) is 35.7. The predicted molar refractivity (Wildman–Crippen MR) is 262 cm³/mol. The number of benzene rings is 4. The molecular weight excluding hydrogens is 922 g/mol. The number of Topliss-reactive ketones (excluding diaryl/α,β-unsaturated/α-hetero) is 1. The van der Waals surface area contributed by atoms with Crippen LogP contribution in [0.4, 0.5) is 0 Å². The molecule has 0 radical (unpaired) electrons. The monoisotopic (exact) mass is 981 g/mol. The van der Waals surface area contributed by atoms with Crippen LogP contribution >= 0.6 is 15.9 Å². The third-order valence-corrected chi connectivity index (χ3v) is 13.9. The van der Waals surface area contributed by atoms with Gasteiger partial charge in [-0.3, -0.25) is 9.59 Å². The van der Waals surface area contributed by atoms with E-state index in [1.54, 1.807) is 69.0 Å². The van der Waals surface area contributed by atoms with Gasteiger partial charge >= 0.3 is 0 Å². The van der Waals surface area contributed by atoms with E-state index in [1.807, 2.05) is 30.3 Å². The average molecular weight is 983 g/mol. The number of nitrogens with zero attached hydrogens (tertiary/aromatic N) is 4. The second-order valence-corrected chi connectivity index (χ2v) is 17.3. The first-order valence-corrected chi connectivity index (χ1v) is 23.1. The summed E-state index contributed by atoms with van der Waals surface area (Å²) >= 11 is 3.56. The number of methoxy groups -OCH3 is 6. The first kappa shape index (κ1) is 48.7. The smallest absolute Gasteiger partial charge is 0.248 e. The number of piperidine rings is 1. The van der Waals surface area contributed by atoms with Crippen molar-refractivity contribution in [2.75, 3.05) is 76.5 Å². The first-order valence-electron chi connectivity index (χ1n) is 22.3. The van der Waals surface area contributed by atoms with Crippen LogP contribution in [0.5, 0.6) is 34.5 Å². The van der Waals surface area contributed by atoms with E-state index in [1.165, 1.54) is 11.1 Å². The Bertz CT molecular complexity index is 2690. The number of likely N-dealkylation sites (tertiary alicyclic amines) is 1. The fraction of sp³-hybridized carbons (Fsp3) is 0.412. The van der Waals surface area contributed by atoms with Crippen LogP contribution in [0.25, 0.3) is 10.9 Å². The van der Waals surface area contributed by atoms with Gasteiger partial charge in [0.2, 0.25) is 5.91 Å². The predicted octanol–water partition coefficient (Wildman–Crippen LogP) is 8.53. The summed E-state index contributed by atoms with van der Waals surface area (Å²) in [6, 6.07) is 15.7. The zero-order valence-electron chi connectivity index (χ0n) is 39.6. The summed E-state index contributed by atoms with van der Waals surface area (Å²) < 4.78 is 35.7. The Hall–Kier alpha value is -6.26. The highest BCUT2D eigenvalue weighted by Gasteiger charge is 2.31. The van der Waals surface area contributed by atoms with Crippen LogP contribution in [-0.4, -0.2) is 109 Å². The SMILES string of the molecule is CO/N=C1/CCc2c(CCN3CCC(n4ccc5ccc(C(N)=O)cc54)CC3)c(OC)cc(OC)c21.CO/N=C1\CCc2c(Br)c(OC)cc(OC)c21.COc1cc2c(c(OC)c1)C(=O)CC2. The van der Waals surface area contributed by atoms with Crippen molar-refractivity contribution in [2.45, 2.75) is 63.8 Å². The number of hydrogen-bond donors (Lipinski definition) is 1. The fourth-order valence-corrected chi connectivity index (χ4v) is 10.4. The molecule has 5 aromatic rings. The van der Waals surface area contributed by atoms with Crippen LogP contribution in [0.2, 0.25) is 0 Å². The van der Waals surface area contributed by atoms with Crippen LogP contribution < -0.4 is 34.2 Å². The number of carbonyl (C=O) groups is 2. The molecule has 0 atom stereocenters. The summed E-state index contributed by atoms with van der Waals surface area (Å²) in [6.07, 6.45) is 10.1.